The summed E-state index contributed by atoms with van der Waals surface area (Å²) in [5.41, 5.74) is 0.601. The zero-order valence-corrected chi connectivity index (χ0v) is 11.6. The third kappa shape index (κ3) is 3.75. The third-order valence-corrected chi connectivity index (χ3v) is 4.28. The smallest absolute Gasteiger partial charge is 0.277 e. The molecule has 6 nitrogen and oxygen atoms in total. The van der Waals surface area contributed by atoms with E-state index in [1.165, 1.54) is 12.1 Å². The molecule has 1 amide bonds. The molecule has 0 unspecified atom stereocenters. The molecule has 110 valence electrons. The number of nitrogens with zero attached hydrogens (tertiary/aromatic N) is 2. The molecule has 2 rings (SSSR count). The van der Waals surface area contributed by atoms with E-state index < -0.39 is 10.2 Å². The molecule has 2 N–H and O–H groups in total. The average molecular weight is 301 g/mol. The van der Waals surface area contributed by atoms with E-state index in [1.54, 1.807) is 17.0 Å². The van der Waals surface area contributed by atoms with E-state index in [2.05, 4.69) is 0 Å². The molecule has 0 radical (unpaired) electrons. The van der Waals surface area contributed by atoms with Gasteiger partial charge in [0.2, 0.25) is 5.91 Å². The highest BCUT2D eigenvalue weighted by atomic mass is 32.2. The first-order valence-electron chi connectivity index (χ1n) is 6.16. The van der Waals surface area contributed by atoms with Gasteiger partial charge in [-0.3, -0.25) is 4.79 Å². The van der Waals surface area contributed by atoms with Crippen LogP contribution in [0, 0.1) is 5.82 Å². The molecule has 20 heavy (non-hydrogen) atoms. The van der Waals surface area contributed by atoms with E-state index >= 15 is 0 Å². The first-order chi connectivity index (χ1) is 9.36. The minimum atomic E-state index is -3.69. The SMILES string of the molecule is NS(=O)(=O)N1CCN(C(=O)Cc2cccc(F)c2)CC1. The molecule has 0 spiro atoms. The molecular formula is C12H16FN3O3S. The Morgan fingerprint density at radius 2 is 1.90 bits per heavy atom. The van der Waals surface area contributed by atoms with Crippen molar-refractivity contribution in [3.8, 4) is 0 Å². The van der Waals surface area contributed by atoms with Gasteiger partial charge in [-0.2, -0.15) is 12.7 Å². The Kier molecular flexibility index (Phi) is 4.36. The summed E-state index contributed by atoms with van der Waals surface area (Å²) in [6, 6.07) is 5.87. The number of benzene rings is 1. The van der Waals surface area contributed by atoms with Crippen molar-refractivity contribution in [2.75, 3.05) is 26.2 Å². The van der Waals surface area contributed by atoms with Crippen LogP contribution in [-0.4, -0.2) is 49.7 Å². The molecule has 1 saturated heterocycles. The summed E-state index contributed by atoms with van der Waals surface area (Å²) in [4.78, 5) is 13.6. The van der Waals surface area contributed by atoms with Crippen molar-refractivity contribution in [2.24, 2.45) is 5.14 Å². The Hall–Kier alpha value is -1.51. The Balaban J connectivity index is 1.92. The predicted octanol–water partition coefficient (Wildman–Crippen LogP) is -0.284. The number of nitrogens with two attached hydrogens (primary N) is 1. The Bertz CT molecular complexity index is 598. The van der Waals surface area contributed by atoms with Crippen molar-refractivity contribution in [2.45, 2.75) is 6.42 Å². The summed E-state index contributed by atoms with van der Waals surface area (Å²) in [5, 5.41) is 5.02. The van der Waals surface area contributed by atoms with Crippen molar-refractivity contribution in [1.29, 1.82) is 0 Å². The maximum atomic E-state index is 13.0. The van der Waals surface area contributed by atoms with Crippen LogP contribution in [0.15, 0.2) is 24.3 Å². The van der Waals surface area contributed by atoms with Crippen LogP contribution in [0.1, 0.15) is 5.56 Å². The number of rotatable bonds is 3. The lowest BCUT2D eigenvalue weighted by molar-refractivity contribution is -0.131. The number of hydrogen-bond donors (Lipinski definition) is 1. The molecule has 1 fully saturated rings. The van der Waals surface area contributed by atoms with Gasteiger partial charge in [0.25, 0.3) is 10.2 Å². The summed E-state index contributed by atoms with van der Waals surface area (Å²) >= 11 is 0. The molecule has 0 atom stereocenters. The molecule has 0 aliphatic carbocycles. The van der Waals surface area contributed by atoms with Crippen LogP contribution in [0.2, 0.25) is 0 Å². The van der Waals surface area contributed by atoms with Gasteiger partial charge in [0.1, 0.15) is 5.82 Å². The van der Waals surface area contributed by atoms with Crippen molar-refractivity contribution < 1.29 is 17.6 Å². The van der Waals surface area contributed by atoms with Gasteiger partial charge in [-0.1, -0.05) is 12.1 Å². The maximum absolute atomic E-state index is 13.0. The van der Waals surface area contributed by atoms with Gasteiger partial charge in [-0.15, -0.1) is 0 Å². The topological polar surface area (TPSA) is 83.7 Å². The second kappa shape index (κ2) is 5.86. The Labute approximate surface area is 117 Å². The van der Waals surface area contributed by atoms with E-state index in [0.717, 1.165) is 4.31 Å². The Morgan fingerprint density at radius 3 is 2.45 bits per heavy atom. The van der Waals surface area contributed by atoms with Gasteiger partial charge in [-0.25, -0.2) is 9.53 Å². The largest absolute Gasteiger partial charge is 0.340 e. The lowest BCUT2D eigenvalue weighted by Crippen LogP contribution is -2.52. The van der Waals surface area contributed by atoms with E-state index in [-0.39, 0.29) is 31.2 Å². The summed E-state index contributed by atoms with van der Waals surface area (Å²) in [6.45, 7) is 0.969. The second-order valence-corrected chi connectivity index (χ2v) is 6.18. The van der Waals surface area contributed by atoms with Crippen LogP contribution in [0.25, 0.3) is 0 Å². The molecule has 1 heterocycles. The van der Waals surface area contributed by atoms with Gasteiger partial charge in [0.05, 0.1) is 6.42 Å². The number of hydrogen-bond acceptors (Lipinski definition) is 3. The molecule has 0 saturated carbocycles. The second-order valence-electron chi connectivity index (χ2n) is 4.63. The van der Waals surface area contributed by atoms with E-state index in [9.17, 15) is 17.6 Å². The molecule has 1 aliphatic rings. The molecule has 8 heteroatoms. The van der Waals surface area contributed by atoms with Gasteiger partial charge in [-0.05, 0) is 17.7 Å². The normalized spacial score (nSPS) is 17.2. The zero-order valence-electron chi connectivity index (χ0n) is 10.8. The van der Waals surface area contributed by atoms with Gasteiger partial charge in [0, 0.05) is 26.2 Å². The highest BCUT2D eigenvalue weighted by Gasteiger charge is 2.26. The molecule has 0 aromatic heterocycles. The van der Waals surface area contributed by atoms with Crippen LogP contribution >= 0.6 is 0 Å². The van der Waals surface area contributed by atoms with Crippen LogP contribution in [-0.2, 0) is 21.4 Å². The van der Waals surface area contributed by atoms with Crippen LogP contribution < -0.4 is 5.14 Å². The summed E-state index contributed by atoms with van der Waals surface area (Å²) in [5.74, 6) is -0.529. The highest BCUT2D eigenvalue weighted by Crippen LogP contribution is 2.09. The molecular weight excluding hydrogens is 285 g/mol. The maximum Gasteiger partial charge on any atom is 0.277 e. The fourth-order valence-corrected chi connectivity index (χ4v) is 2.80. The van der Waals surface area contributed by atoms with Crippen molar-refractivity contribution in [3.63, 3.8) is 0 Å². The third-order valence-electron chi connectivity index (χ3n) is 3.20. The van der Waals surface area contributed by atoms with E-state index in [0.29, 0.717) is 18.7 Å². The first kappa shape index (κ1) is 14.9. The number of carbonyl (C=O) groups is 1. The highest BCUT2D eigenvalue weighted by molar-refractivity contribution is 7.86. The first-order valence-corrected chi connectivity index (χ1v) is 7.66. The number of halogens is 1. The van der Waals surface area contributed by atoms with Crippen LogP contribution in [0.3, 0.4) is 0 Å². The lowest BCUT2D eigenvalue weighted by Gasteiger charge is -2.33. The van der Waals surface area contributed by atoms with Crippen molar-refractivity contribution >= 4 is 16.1 Å². The summed E-state index contributed by atoms with van der Waals surface area (Å²) in [7, 11) is -3.69. The fourth-order valence-electron chi connectivity index (χ4n) is 2.13. The average Bonchev–Trinajstić information content (AvgIpc) is 2.38. The van der Waals surface area contributed by atoms with E-state index in [4.69, 9.17) is 5.14 Å². The molecule has 0 bridgehead atoms. The quantitative estimate of drug-likeness (QED) is 0.833. The monoisotopic (exact) mass is 301 g/mol. The number of amides is 1. The minimum absolute atomic E-state index is 0.104. The Morgan fingerprint density at radius 1 is 1.25 bits per heavy atom. The van der Waals surface area contributed by atoms with Gasteiger partial charge < -0.3 is 4.90 Å². The zero-order chi connectivity index (χ0) is 14.8. The summed E-state index contributed by atoms with van der Waals surface area (Å²) in [6.07, 6.45) is 0.104. The standard InChI is InChI=1S/C12H16FN3O3S/c13-11-3-1-2-10(8-11)9-12(17)15-4-6-16(7-5-15)20(14,18)19/h1-3,8H,4-7,9H2,(H2,14,18,19). The predicted molar refractivity (Wildman–Crippen MR) is 71.4 cm³/mol. The van der Waals surface area contributed by atoms with Crippen molar-refractivity contribution in [1.82, 2.24) is 9.21 Å². The number of piperazine rings is 1. The summed E-state index contributed by atoms with van der Waals surface area (Å²) < 4.78 is 36.5. The van der Waals surface area contributed by atoms with Gasteiger partial charge >= 0.3 is 0 Å². The molecule has 1 aromatic rings. The van der Waals surface area contributed by atoms with E-state index in [1.807, 2.05) is 0 Å². The molecule has 1 aliphatic heterocycles. The molecule has 1 aromatic carbocycles. The minimum Gasteiger partial charge on any atom is -0.340 e. The fraction of sp³-hybridized carbons (Fsp3) is 0.417. The lowest BCUT2D eigenvalue weighted by atomic mass is 10.1. The van der Waals surface area contributed by atoms with Gasteiger partial charge in [0.15, 0.2) is 0 Å². The van der Waals surface area contributed by atoms with Crippen LogP contribution in [0.5, 0.6) is 0 Å². The van der Waals surface area contributed by atoms with Crippen LogP contribution in [0.4, 0.5) is 4.39 Å². The van der Waals surface area contributed by atoms with Crippen molar-refractivity contribution in [3.05, 3.63) is 35.6 Å². The number of carbonyl (C=O) groups excluding carboxylic acids is 1.